The van der Waals surface area contributed by atoms with Crippen LogP contribution in [0.3, 0.4) is 0 Å². The zero-order chi connectivity index (χ0) is 32.2. The number of amides is 1. The van der Waals surface area contributed by atoms with Crippen molar-refractivity contribution in [2.45, 2.75) is 81.3 Å². The number of aromatic nitrogens is 2. The van der Waals surface area contributed by atoms with Gasteiger partial charge in [0.2, 0.25) is 5.91 Å². The highest BCUT2D eigenvalue weighted by Gasteiger charge is 2.48. The number of aliphatic hydroxyl groups is 1. The summed E-state index contributed by atoms with van der Waals surface area (Å²) in [7, 11) is 0. The van der Waals surface area contributed by atoms with Gasteiger partial charge in [0.15, 0.2) is 11.5 Å². The molecule has 0 saturated heterocycles. The molecule has 1 fully saturated rings. The average Bonchev–Trinajstić information content (AvgIpc) is 3.15. The molecule has 2 N–H and O–H groups in total. The zero-order valence-corrected chi connectivity index (χ0v) is 27.8. The summed E-state index contributed by atoms with van der Waals surface area (Å²) in [5, 5.41) is 13.1. The predicted octanol–water partition coefficient (Wildman–Crippen LogP) is 7.31. The predicted molar refractivity (Wildman–Crippen MR) is 172 cm³/mol. The number of carbonyl (C=O) groups excluding carboxylic acids is 2. The smallest absolute Gasteiger partial charge is 0.342 e. The van der Waals surface area contributed by atoms with E-state index in [1.165, 1.54) is 13.8 Å². The van der Waals surface area contributed by atoms with Crippen molar-refractivity contribution in [3.05, 3.63) is 55.6 Å². The Hall–Kier alpha value is -3.10. The number of esters is 1. The first-order valence-corrected chi connectivity index (χ1v) is 15.3. The van der Waals surface area contributed by atoms with Gasteiger partial charge in [-0.05, 0) is 54.2 Å². The Bertz CT molecular complexity index is 1660. The van der Waals surface area contributed by atoms with Crippen LogP contribution >= 0.6 is 23.2 Å². The van der Waals surface area contributed by atoms with Crippen LogP contribution in [0.4, 0.5) is 5.82 Å². The fraction of sp³-hybridized carbons (Fsp3) is 0.515. The summed E-state index contributed by atoms with van der Waals surface area (Å²) in [5.74, 6) is -1.11. The van der Waals surface area contributed by atoms with Gasteiger partial charge < -0.3 is 15.2 Å². The van der Waals surface area contributed by atoms with Crippen LogP contribution in [0.2, 0.25) is 10.2 Å². The molecule has 2 heterocycles. The van der Waals surface area contributed by atoms with Crippen molar-refractivity contribution in [1.82, 2.24) is 9.38 Å². The fourth-order valence-electron chi connectivity index (χ4n) is 6.41. The molecule has 1 aromatic carbocycles. The Balaban J connectivity index is 2.03. The number of carbonyl (C=O) groups is 2. The van der Waals surface area contributed by atoms with E-state index >= 15 is 0 Å². The molecule has 8 nitrogen and oxygen atoms in total. The van der Waals surface area contributed by atoms with Gasteiger partial charge in [-0.2, -0.15) is 0 Å². The number of ether oxygens (including phenoxy) is 1. The molecule has 10 heteroatoms. The molecule has 0 spiro atoms. The first-order chi connectivity index (χ1) is 19.8. The third-order valence-electron chi connectivity index (χ3n) is 8.53. The molecule has 232 valence electrons. The van der Waals surface area contributed by atoms with Crippen LogP contribution < -0.4 is 16.1 Å². The van der Waals surface area contributed by atoms with Crippen LogP contribution in [0.25, 0.3) is 22.5 Å². The van der Waals surface area contributed by atoms with E-state index in [0.717, 1.165) is 17.2 Å². The van der Waals surface area contributed by atoms with Crippen molar-refractivity contribution in [3.8, 4) is 11.1 Å². The topological polar surface area (TPSA) is 110 Å². The van der Waals surface area contributed by atoms with Crippen molar-refractivity contribution >= 4 is 52.3 Å². The Labute approximate surface area is 262 Å². The summed E-state index contributed by atoms with van der Waals surface area (Å²) < 4.78 is 7.61. The number of anilines is 1. The SMILES string of the molecule is CC(=O)Nc1nc2c(C(=O)OC3C(C(C)(C)C)CC(C)CC3C(C)(C)C)c(-c3ccc(Cl)cc3)c(Cl)n2c(=O)c1=C(C)O. The third kappa shape index (κ3) is 6.41. The number of hydrogen-bond acceptors (Lipinski definition) is 6. The van der Waals surface area contributed by atoms with E-state index < -0.39 is 23.5 Å². The van der Waals surface area contributed by atoms with Crippen LogP contribution in [0.15, 0.2) is 29.1 Å². The van der Waals surface area contributed by atoms with Crippen molar-refractivity contribution in [3.63, 3.8) is 0 Å². The molecule has 1 amide bonds. The zero-order valence-electron chi connectivity index (χ0n) is 26.3. The Morgan fingerprint density at radius 1 is 1.00 bits per heavy atom. The molecular formula is C33H41Cl2N3O5. The second-order valence-corrected chi connectivity index (χ2v) is 14.8. The molecule has 1 aliphatic rings. The minimum Gasteiger partial charge on any atom is -0.512 e. The Kier molecular flexibility index (Phi) is 8.98. The van der Waals surface area contributed by atoms with Crippen molar-refractivity contribution < 1.29 is 19.4 Å². The number of aliphatic hydroxyl groups excluding tert-OH is 1. The van der Waals surface area contributed by atoms with Gasteiger partial charge >= 0.3 is 5.97 Å². The molecule has 1 aliphatic carbocycles. The van der Waals surface area contributed by atoms with E-state index in [1.54, 1.807) is 24.3 Å². The van der Waals surface area contributed by atoms with Gasteiger partial charge in [0.05, 0.1) is 0 Å². The summed E-state index contributed by atoms with van der Waals surface area (Å²) in [6.45, 7) is 17.8. The van der Waals surface area contributed by atoms with E-state index in [-0.39, 0.29) is 61.4 Å². The Morgan fingerprint density at radius 2 is 1.53 bits per heavy atom. The van der Waals surface area contributed by atoms with Crippen molar-refractivity contribution in [1.29, 1.82) is 0 Å². The highest BCUT2D eigenvalue weighted by Crippen LogP contribution is 2.50. The molecular weight excluding hydrogens is 589 g/mol. The summed E-state index contributed by atoms with van der Waals surface area (Å²) in [5.41, 5.74) is -0.344. The summed E-state index contributed by atoms with van der Waals surface area (Å²) in [4.78, 5) is 44.9. The van der Waals surface area contributed by atoms with Gasteiger partial charge in [-0.15, -0.1) is 0 Å². The summed E-state index contributed by atoms with van der Waals surface area (Å²) >= 11 is 13.1. The lowest BCUT2D eigenvalue weighted by Crippen LogP contribution is -2.49. The second-order valence-electron chi connectivity index (χ2n) is 14.0. The van der Waals surface area contributed by atoms with Crippen molar-refractivity contribution in [2.24, 2.45) is 28.6 Å². The summed E-state index contributed by atoms with van der Waals surface area (Å²) in [6.07, 6.45) is 1.39. The van der Waals surface area contributed by atoms with E-state index in [9.17, 15) is 19.5 Å². The summed E-state index contributed by atoms with van der Waals surface area (Å²) in [6, 6.07) is 6.70. The number of nitrogens with one attached hydrogen (secondary N) is 1. The van der Waals surface area contributed by atoms with Gasteiger partial charge in [-0.1, -0.05) is 83.8 Å². The first kappa shape index (κ1) is 32.8. The molecule has 0 bridgehead atoms. The van der Waals surface area contributed by atoms with Crippen LogP contribution in [-0.2, 0) is 9.53 Å². The van der Waals surface area contributed by atoms with Gasteiger partial charge in [-0.25, -0.2) is 14.2 Å². The molecule has 3 aromatic rings. The number of nitrogens with zero attached hydrogens (tertiary/aromatic N) is 2. The van der Waals surface area contributed by atoms with Gasteiger partial charge in [0, 0.05) is 29.3 Å². The molecule has 0 aliphatic heterocycles. The molecule has 4 rings (SSSR count). The lowest BCUT2D eigenvalue weighted by atomic mass is 9.59. The van der Waals surface area contributed by atoms with E-state index in [1.807, 2.05) is 0 Å². The molecule has 43 heavy (non-hydrogen) atoms. The van der Waals surface area contributed by atoms with Crippen LogP contribution in [0.5, 0.6) is 0 Å². The van der Waals surface area contributed by atoms with E-state index in [2.05, 4.69) is 58.8 Å². The maximum atomic E-state index is 14.5. The lowest BCUT2D eigenvalue weighted by Gasteiger charge is -2.50. The van der Waals surface area contributed by atoms with Crippen LogP contribution in [0, 0.1) is 28.6 Å². The first-order valence-electron chi connectivity index (χ1n) is 14.5. The Morgan fingerprint density at radius 3 is 2.00 bits per heavy atom. The van der Waals surface area contributed by atoms with Crippen molar-refractivity contribution in [2.75, 3.05) is 5.32 Å². The van der Waals surface area contributed by atoms with Gasteiger partial charge in [0.1, 0.15) is 27.8 Å². The third-order valence-corrected chi connectivity index (χ3v) is 9.14. The maximum absolute atomic E-state index is 14.5. The highest BCUT2D eigenvalue weighted by molar-refractivity contribution is 6.34. The minimum absolute atomic E-state index is 0.00268. The van der Waals surface area contributed by atoms with E-state index in [4.69, 9.17) is 27.9 Å². The van der Waals surface area contributed by atoms with Gasteiger partial charge in [-0.3, -0.25) is 9.59 Å². The molecule has 1 saturated carbocycles. The molecule has 2 aromatic heterocycles. The van der Waals surface area contributed by atoms with Gasteiger partial charge in [0.25, 0.3) is 5.56 Å². The lowest BCUT2D eigenvalue weighted by molar-refractivity contribution is -0.114. The number of hydrogen-bond donors (Lipinski definition) is 2. The minimum atomic E-state index is -0.736. The largest absolute Gasteiger partial charge is 0.512 e. The normalized spacial score (nSPS) is 21.9. The molecule has 2 unspecified atom stereocenters. The van der Waals surface area contributed by atoms with Crippen LogP contribution in [0.1, 0.15) is 85.5 Å². The average molecular weight is 631 g/mol. The maximum Gasteiger partial charge on any atom is 0.342 e. The number of rotatable bonds is 4. The highest BCUT2D eigenvalue weighted by atomic mass is 35.5. The monoisotopic (exact) mass is 629 g/mol. The second kappa shape index (κ2) is 11.8. The molecule has 0 radical (unpaired) electrons. The standard InChI is InChI=1S/C33H41Cl2N3O5/c1-16-14-21(32(4,5)6)26(22(15-16)33(7,8)9)43-31(42)25-24(19-10-12-20(34)13-11-19)27(35)38-29(25)37-28(36-18(3)40)23(17(2)39)30(38)41/h10-13,16,21-22,26,39H,14-15H2,1-9H3,(H,36,37,40). The number of halogens is 2. The molecule has 2 atom stereocenters. The quantitative estimate of drug-likeness (QED) is 0.293. The fourth-order valence-corrected chi connectivity index (χ4v) is 6.89. The van der Waals surface area contributed by atoms with E-state index in [0.29, 0.717) is 16.5 Å². The van der Waals surface area contributed by atoms with Crippen LogP contribution in [-0.4, -0.2) is 32.5 Å². The number of fused-ring (bicyclic) bond motifs is 1. The number of benzene rings is 1.